The van der Waals surface area contributed by atoms with Crippen LogP contribution >= 0.6 is 0 Å². The highest BCUT2D eigenvalue weighted by molar-refractivity contribution is 5.69. The normalized spacial score (nSPS) is 20.2. The Morgan fingerprint density at radius 1 is 1.29 bits per heavy atom. The van der Waals surface area contributed by atoms with Gasteiger partial charge >= 0.3 is 5.97 Å². The summed E-state index contributed by atoms with van der Waals surface area (Å²) in [6.45, 7) is 3.86. The Balaban J connectivity index is 1.85. The molecule has 1 aliphatic rings. The third-order valence-corrected chi connectivity index (χ3v) is 2.77. The third-order valence-electron chi connectivity index (χ3n) is 2.77. The van der Waals surface area contributed by atoms with E-state index in [1.54, 1.807) is 0 Å². The van der Waals surface area contributed by atoms with Crippen LogP contribution in [0, 0.1) is 0 Å². The quantitative estimate of drug-likeness (QED) is 0.486. The topological polar surface area (TPSA) is 44.8 Å². The summed E-state index contributed by atoms with van der Waals surface area (Å²) in [6.07, 6.45) is 6.77. The molecule has 1 atom stereocenters. The van der Waals surface area contributed by atoms with Gasteiger partial charge in [0.05, 0.1) is 6.61 Å². The van der Waals surface area contributed by atoms with Gasteiger partial charge in [-0.1, -0.05) is 6.42 Å². The Labute approximate surface area is 104 Å². The van der Waals surface area contributed by atoms with E-state index in [-0.39, 0.29) is 12.3 Å². The van der Waals surface area contributed by atoms with E-state index in [0.717, 1.165) is 45.3 Å². The Hall–Kier alpha value is -0.610. The summed E-state index contributed by atoms with van der Waals surface area (Å²) < 4.78 is 15.9. The Morgan fingerprint density at radius 2 is 2.18 bits per heavy atom. The molecule has 0 bridgehead atoms. The lowest BCUT2D eigenvalue weighted by atomic mass is 10.2. The lowest BCUT2D eigenvalue weighted by molar-refractivity contribution is -0.163. The lowest BCUT2D eigenvalue weighted by Gasteiger charge is -2.22. The van der Waals surface area contributed by atoms with Crippen molar-refractivity contribution in [2.24, 2.45) is 0 Å². The molecule has 0 aromatic rings. The molecule has 17 heavy (non-hydrogen) atoms. The highest BCUT2D eigenvalue weighted by Gasteiger charge is 2.13. The second kappa shape index (κ2) is 9.42. The van der Waals surface area contributed by atoms with Crippen molar-refractivity contribution in [2.75, 3.05) is 19.8 Å². The number of carbonyl (C=O) groups is 1. The van der Waals surface area contributed by atoms with Crippen LogP contribution < -0.4 is 0 Å². The SMILES string of the molecule is CCOC(=O)CCCCCO[C@@H]1CCCCO1. The first kappa shape index (κ1) is 14.5. The average Bonchev–Trinajstić information content (AvgIpc) is 2.35. The number of carbonyl (C=O) groups excluding carboxylic acids is 1. The van der Waals surface area contributed by atoms with E-state index in [4.69, 9.17) is 14.2 Å². The van der Waals surface area contributed by atoms with Gasteiger partial charge in [-0.2, -0.15) is 0 Å². The van der Waals surface area contributed by atoms with Crippen LogP contribution in [0.3, 0.4) is 0 Å². The van der Waals surface area contributed by atoms with Crippen molar-refractivity contribution in [3.05, 3.63) is 0 Å². The van der Waals surface area contributed by atoms with Gasteiger partial charge in [0.2, 0.25) is 0 Å². The molecule has 4 heteroatoms. The summed E-state index contributed by atoms with van der Waals surface area (Å²) in [5.74, 6) is -0.0935. The highest BCUT2D eigenvalue weighted by atomic mass is 16.7. The third kappa shape index (κ3) is 7.34. The predicted octanol–water partition coefficient (Wildman–Crippen LogP) is 2.65. The van der Waals surface area contributed by atoms with Gasteiger partial charge < -0.3 is 14.2 Å². The fraction of sp³-hybridized carbons (Fsp3) is 0.923. The molecular formula is C13H24O4. The van der Waals surface area contributed by atoms with Gasteiger partial charge in [-0.3, -0.25) is 4.79 Å². The predicted molar refractivity (Wildman–Crippen MR) is 64.6 cm³/mol. The summed E-state index contributed by atoms with van der Waals surface area (Å²) in [7, 11) is 0. The Bertz CT molecular complexity index is 200. The fourth-order valence-corrected chi connectivity index (χ4v) is 1.84. The maximum atomic E-state index is 11.0. The van der Waals surface area contributed by atoms with Gasteiger partial charge in [0.25, 0.3) is 0 Å². The van der Waals surface area contributed by atoms with E-state index in [9.17, 15) is 4.79 Å². The zero-order valence-corrected chi connectivity index (χ0v) is 10.8. The average molecular weight is 244 g/mol. The molecule has 0 saturated carbocycles. The van der Waals surface area contributed by atoms with Gasteiger partial charge in [0.1, 0.15) is 0 Å². The molecular weight excluding hydrogens is 220 g/mol. The first-order chi connectivity index (χ1) is 8.33. The zero-order chi connectivity index (χ0) is 12.3. The largest absolute Gasteiger partial charge is 0.466 e. The van der Waals surface area contributed by atoms with Crippen LogP contribution in [0.2, 0.25) is 0 Å². The number of unbranched alkanes of at least 4 members (excludes halogenated alkanes) is 2. The molecule has 1 saturated heterocycles. The minimum atomic E-state index is -0.0935. The standard InChI is InChI=1S/C13H24O4/c1-2-15-12(14)8-4-3-6-10-16-13-9-5-7-11-17-13/h13H,2-11H2,1H3/t13-/m0/s1. The van der Waals surface area contributed by atoms with Crippen LogP contribution in [-0.2, 0) is 19.0 Å². The minimum absolute atomic E-state index is 0.00815. The van der Waals surface area contributed by atoms with E-state index in [0.29, 0.717) is 13.0 Å². The monoisotopic (exact) mass is 244 g/mol. The highest BCUT2D eigenvalue weighted by Crippen LogP contribution is 2.14. The van der Waals surface area contributed by atoms with Crippen LogP contribution in [0.15, 0.2) is 0 Å². The molecule has 4 nitrogen and oxygen atoms in total. The van der Waals surface area contributed by atoms with Gasteiger partial charge in [0.15, 0.2) is 6.29 Å². The maximum absolute atomic E-state index is 11.0. The molecule has 100 valence electrons. The zero-order valence-electron chi connectivity index (χ0n) is 10.8. The fourth-order valence-electron chi connectivity index (χ4n) is 1.84. The second-order valence-electron chi connectivity index (χ2n) is 4.28. The number of hydrogen-bond donors (Lipinski definition) is 0. The molecule has 0 spiro atoms. The molecule has 0 unspecified atom stereocenters. The minimum Gasteiger partial charge on any atom is -0.466 e. The van der Waals surface area contributed by atoms with Gasteiger partial charge in [-0.25, -0.2) is 0 Å². The number of hydrogen-bond acceptors (Lipinski definition) is 4. The summed E-state index contributed by atoms with van der Waals surface area (Å²) >= 11 is 0. The molecule has 0 radical (unpaired) electrons. The van der Waals surface area contributed by atoms with Crippen molar-refractivity contribution in [2.45, 2.75) is 58.2 Å². The van der Waals surface area contributed by atoms with Crippen molar-refractivity contribution >= 4 is 5.97 Å². The van der Waals surface area contributed by atoms with Crippen LogP contribution in [0.4, 0.5) is 0 Å². The number of ether oxygens (including phenoxy) is 3. The molecule has 1 aliphatic heterocycles. The molecule has 0 aliphatic carbocycles. The molecule has 0 amide bonds. The summed E-state index contributed by atoms with van der Waals surface area (Å²) in [5.41, 5.74) is 0. The van der Waals surface area contributed by atoms with E-state index in [1.165, 1.54) is 6.42 Å². The van der Waals surface area contributed by atoms with Crippen molar-refractivity contribution in [3.63, 3.8) is 0 Å². The van der Waals surface area contributed by atoms with Crippen molar-refractivity contribution in [1.29, 1.82) is 0 Å². The number of esters is 1. The lowest BCUT2D eigenvalue weighted by Crippen LogP contribution is -2.22. The molecule has 1 rings (SSSR count). The van der Waals surface area contributed by atoms with E-state index in [1.807, 2.05) is 6.92 Å². The molecule has 1 heterocycles. The first-order valence-corrected chi connectivity index (χ1v) is 6.71. The van der Waals surface area contributed by atoms with E-state index < -0.39 is 0 Å². The van der Waals surface area contributed by atoms with Gasteiger partial charge in [0, 0.05) is 19.6 Å². The van der Waals surface area contributed by atoms with Gasteiger partial charge in [-0.05, 0) is 39.0 Å². The summed E-state index contributed by atoms with van der Waals surface area (Å²) in [5, 5.41) is 0. The Kier molecular flexibility index (Phi) is 8.01. The van der Waals surface area contributed by atoms with Crippen LogP contribution in [0.5, 0.6) is 0 Å². The molecule has 0 aromatic carbocycles. The first-order valence-electron chi connectivity index (χ1n) is 6.71. The van der Waals surface area contributed by atoms with Gasteiger partial charge in [-0.15, -0.1) is 0 Å². The van der Waals surface area contributed by atoms with Crippen molar-refractivity contribution in [3.8, 4) is 0 Å². The molecule has 0 aromatic heterocycles. The van der Waals surface area contributed by atoms with Crippen LogP contribution in [0.25, 0.3) is 0 Å². The maximum Gasteiger partial charge on any atom is 0.305 e. The van der Waals surface area contributed by atoms with E-state index >= 15 is 0 Å². The van der Waals surface area contributed by atoms with Crippen molar-refractivity contribution < 1.29 is 19.0 Å². The molecule has 0 N–H and O–H groups in total. The second-order valence-corrected chi connectivity index (χ2v) is 4.28. The molecule has 1 fully saturated rings. The van der Waals surface area contributed by atoms with Crippen LogP contribution in [-0.4, -0.2) is 32.1 Å². The van der Waals surface area contributed by atoms with E-state index in [2.05, 4.69) is 0 Å². The summed E-state index contributed by atoms with van der Waals surface area (Å²) in [6, 6.07) is 0. The van der Waals surface area contributed by atoms with Crippen molar-refractivity contribution in [1.82, 2.24) is 0 Å². The van der Waals surface area contributed by atoms with Crippen LogP contribution in [0.1, 0.15) is 51.9 Å². The smallest absolute Gasteiger partial charge is 0.305 e. The number of rotatable bonds is 8. The Morgan fingerprint density at radius 3 is 2.88 bits per heavy atom. The summed E-state index contributed by atoms with van der Waals surface area (Å²) in [4.78, 5) is 11.0.